The highest BCUT2D eigenvalue weighted by molar-refractivity contribution is 5.91. The fourth-order valence-corrected chi connectivity index (χ4v) is 5.39. The van der Waals surface area contributed by atoms with Crippen LogP contribution in [0.15, 0.2) is 78.6 Å². The maximum absolute atomic E-state index is 13.2. The fraction of sp³-hybridized carbons (Fsp3) is 0.323. The van der Waals surface area contributed by atoms with E-state index < -0.39 is 6.29 Å². The van der Waals surface area contributed by atoms with Crippen molar-refractivity contribution < 1.29 is 23.8 Å². The van der Waals surface area contributed by atoms with Gasteiger partial charge in [-0.2, -0.15) is 0 Å². The van der Waals surface area contributed by atoms with Crippen molar-refractivity contribution in [3.63, 3.8) is 0 Å². The van der Waals surface area contributed by atoms with E-state index >= 15 is 0 Å². The first-order chi connectivity index (χ1) is 18.1. The van der Waals surface area contributed by atoms with E-state index in [0.717, 1.165) is 17.5 Å². The quantitative estimate of drug-likeness (QED) is 0.320. The third-order valence-electron chi connectivity index (χ3n) is 7.20. The van der Waals surface area contributed by atoms with E-state index in [1.807, 2.05) is 13.0 Å². The van der Waals surface area contributed by atoms with E-state index in [2.05, 4.69) is 47.8 Å². The second-order valence-corrected chi connectivity index (χ2v) is 9.59. The minimum Gasteiger partial charge on any atom is -0.459 e. The second kappa shape index (κ2) is 11.3. The maximum atomic E-state index is 13.2. The molecule has 2 N–H and O–H groups in total. The first-order valence-corrected chi connectivity index (χ1v) is 12.9. The van der Waals surface area contributed by atoms with Gasteiger partial charge in [0.1, 0.15) is 5.82 Å². The molecule has 0 fully saturated rings. The molecule has 192 valence electrons. The molecule has 1 aliphatic carbocycles. The Hall–Kier alpha value is -3.48. The lowest BCUT2D eigenvalue weighted by Crippen LogP contribution is -2.39. The number of carbonyl (C=O) groups is 1. The van der Waals surface area contributed by atoms with Gasteiger partial charge in [0.2, 0.25) is 6.29 Å². The Labute approximate surface area is 216 Å². The molecule has 1 heterocycles. The van der Waals surface area contributed by atoms with Crippen molar-refractivity contribution in [2.45, 2.75) is 44.9 Å². The monoisotopic (exact) mass is 501 g/mol. The highest BCUT2D eigenvalue weighted by atomic mass is 19.1. The maximum Gasteiger partial charge on any atom is 0.286 e. The Bertz CT molecular complexity index is 1290. The molecule has 3 atom stereocenters. The van der Waals surface area contributed by atoms with Crippen molar-refractivity contribution in [3.8, 4) is 11.1 Å². The predicted octanol–water partition coefficient (Wildman–Crippen LogP) is 5.46. The summed E-state index contributed by atoms with van der Waals surface area (Å²) in [7, 11) is 0. The summed E-state index contributed by atoms with van der Waals surface area (Å²) in [6, 6.07) is 21.0. The highest BCUT2D eigenvalue weighted by Crippen LogP contribution is 2.43. The highest BCUT2D eigenvalue weighted by Gasteiger charge is 2.38. The summed E-state index contributed by atoms with van der Waals surface area (Å²) in [5.41, 5.74) is 7.02. The first kappa shape index (κ1) is 25.2. The topological polar surface area (TPSA) is 67.8 Å². The standard InChI is InChI=1S/C31H32FNO4/c1-2-36-31-27(8-5-15-34)28(18-29(37-31)30(35)33-19-20-9-12-24(32)13-10-20)22-11-14-26-23(17-22)16-21-6-3-4-7-25(21)26/h3-4,6-7,9-14,17-18,27-28,31,34H,2,5,8,15-16,19H2,1H3,(H,33,35)/t27-,28+,31+/m1/s1. The number of hydrogen-bond acceptors (Lipinski definition) is 4. The zero-order valence-electron chi connectivity index (χ0n) is 21.0. The van der Waals surface area contributed by atoms with Crippen LogP contribution in [-0.4, -0.2) is 30.5 Å². The average Bonchev–Trinajstić information content (AvgIpc) is 3.29. The Morgan fingerprint density at radius 2 is 1.86 bits per heavy atom. The summed E-state index contributed by atoms with van der Waals surface area (Å²) in [4.78, 5) is 13.1. The van der Waals surface area contributed by atoms with Gasteiger partial charge in [-0.3, -0.25) is 4.79 Å². The number of nitrogens with one attached hydrogen (secondary N) is 1. The number of allylic oxidation sites excluding steroid dienone is 1. The molecule has 0 radical (unpaired) electrons. The van der Waals surface area contributed by atoms with Crippen LogP contribution < -0.4 is 5.32 Å². The van der Waals surface area contributed by atoms with Gasteiger partial charge in [0.25, 0.3) is 5.91 Å². The number of aliphatic hydroxyl groups is 1. The summed E-state index contributed by atoms with van der Waals surface area (Å²) in [6.07, 6.45) is 3.48. The third-order valence-corrected chi connectivity index (χ3v) is 7.20. The number of aliphatic hydroxyl groups excluding tert-OH is 1. The number of amides is 1. The van der Waals surface area contributed by atoms with Gasteiger partial charge in [-0.15, -0.1) is 0 Å². The molecule has 0 unspecified atom stereocenters. The van der Waals surface area contributed by atoms with Gasteiger partial charge < -0.3 is 19.9 Å². The number of hydrogen-bond donors (Lipinski definition) is 2. The zero-order valence-corrected chi connectivity index (χ0v) is 21.0. The number of ether oxygens (including phenoxy) is 2. The van der Waals surface area contributed by atoms with Crippen molar-refractivity contribution in [1.29, 1.82) is 0 Å². The van der Waals surface area contributed by atoms with Crippen LogP contribution in [0.25, 0.3) is 11.1 Å². The summed E-state index contributed by atoms with van der Waals surface area (Å²) in [6.45, 7) is 2.68. The number of rotatable bonds is 9. The molecule has 0 bridgehead atoms. The van der Waals surface area contributed by atoms with Gasteiger partial charge >= 0.3 is 0 Å². The minimum atomic E-state index is -0.608. The normalized spacial score (nSPS) is 20.0. The van der Waals surface area contributed by atoms with E-state index in [9.17, 15) is 14.3 Å². The van der Waals surface area contributed by atoms with Crippen LogP contribution in [0.3, 0.4) is 0 Å². The predicted molar refractivity (Wildman–Crippen MR) is 140 cm³/mol. The summed E-state index contributed by atoms with van der Waals surface area (Å²) >= 11 is 0. The summed E-state index contributed by atoms with van der Waals surface area (Å²) in [5, 5.41) is 12.4. The molecule has 37 heavy (non-hydrogen) atoms. The molecular weight excluding hydrogens is 469 g/mol. The third kappa shape index (κ3) is 5.45. The molecule has 0 spiro atoms. The lowest BCUT2D eigenvalue weighted by molar-refractivity contribution is -0.166. The first-order valence-electron chi connectivity index (χ1n) is 12.9. The van der Waals surface area contributed by atoms with Crippen LogP contribution in [-0.2, 0) is 27.2 Å². The van der Waals surface area contributed by atoms with Crippen molar-refractivity contribution in [2.75, 3.05) is 13.2 Å². The van der Waals surface area contributed by atoms with Crippen LogP contribution in [0, 0.1) is 11.7 Å². The molecule has 0 aromatic heterocycles. The van der Waals surface area contributed by atoms with Crippen LogP contribution in [0.1, 0.15) is 47.9 Å². The molecule has 0 saturated heterocycles. The summed E-state index contributed by atoms with van der Waals surface area (Å²) in [5.74, 6) is -0.607. The zero-order chi connectivity index (χ0) is 25.8. The molecule has 5 nitrogen and oxygen atoms in total. The van der Waals surface area contributed by atoms with E-state index in [1.54, 1.807) is 12.1 Å². The van der Waals surface area contributed by atoms with Gasteiger partial charge in [-0.05, 0) is 77.8 Å². The van der Waals surface area contributed by atoms with Crippen molar-refractivity contribution in [3.05, 3.63) is 107 Å². The van der Waals surface area contributed by atoms with Crippen molar-refractivity contribution in [1.82, 2.24) is 5.32 Å². The number of carbonyl (C=O) groups excluding carboxylic acids is 1. The largest absolute Gasteiger partial charge is 0.459 e. The Balaban J connectivity index is 1.44. The SMILES string of the molecule is CCO[C@H]1OC(C(=O)NCc2ccc(F)cc2)=C[C@@H](c2ccc3c(c2)Cc2ccccc2-3)[C@H]1CCCO. The lowest BCUT2D eigenvalue weighted by Gasteiger charge is -2.37. The number of fused-ring (bicyclic) bond motifs is 3. The molecular formula is C31H32FNO4. The van der Waals surface area contributed by atoms with Crippen LogP contribution in [0.2, 0.25) is 0 Å². The smallest absolute Gasteiger partial charge is 0.286 e. The van der Waals surface area contributed by atoms with Gasteiger partial charge in [0.05, 0.1) is 0 Å². The Morgan fingerprint density at radius 3 is 2.65 bits per heavy atom. The van der Waals surface area contributed by atoms with Crippen LogP contribution in [0.5, 0.6) is 0 Å². The minimum absolute atomic E-state index is 0.0532. The number of benzene rings is 3. The van der Waals surface area contributed by atoms with Gasteiger partial charge in [0.15, 0.2) is 5.76 Å². The van der Waals surface area contributed by atoms with Crippen molar-refractivity contribution in [2.24, 2.45) is 5.92 Å². The molecule has 1 amide bonds. The molecule has 0 saturated carbocycles. The van der Waals surface area contributed by atoms with Gasteiger partial charge in [-0.25, -0.2) is 4.39 Å². The molecule has 3 aromatic rings. The molecule has 6 heteroatoms. The molecule has 1 aliphatic heterocycles. The molecule has 3 aromatic carbocycles. The molecule has 2 aliphatic rings. The van der Waals surface area contributed by atoms with Crippen LogP contribution in [0.4, 0.5) is 4.39 Å². The number of halogens is 1. The van der Waals surface area contributed by atoms with Gasteiger partial charge in [-0.1, -0.05) is 54.6 Å². The van der Waals surface area contributed by atoms with E-state index in [-0.39, 0.29) is 42.5 Å². The van der Waals surface area contributed by atoms with E-state index in [0.29, 0.717) is 19.4 Å². The Kier molecular flexibility index (Phi) is 7.68. The van der Waals surface area contributed by atoms with Gasteiger partial charge in [0, 0.05) is 31.6 Å². The Morgan fingerprint density at radius 1 is 1.08 bits per heavy atom. The van der Waals surface area contributed by atoms with E-state index in [4.69, 9.17) is 9.47 Å². The van der Waals surface area contributed by atoms with Crippen LogP contribution >= 0.6 is 0 Å². The van der Waals surface area contributed by atoms with E-state index in [1.165, 1.54) is 34.4 Å². The fourth-order valence-electron chi connectivity index (χ4n) is 5.39. The van der Waals surface area contributed by atoms with Crippen molar-refractivity contribution >= 4 is 5.91 Å². The molecule has 5 rings (SSSR count). The lowest BCUT2D eigenvalue weighted by atomic mass is 9.80. The summed E-state index contributed by atoms with van der Waals surface area (Å²) < 4.78 is 25.3. The average molecular weight is 502 g/mol. The second-order valence-electron chi connectivity index (χ2n) is 9.59.